The van der Waals surface area contributed by atoms with Crippen LogP contribution in [0.4, 0.5) is 0 Å². The molecule has 3 aromatic rings. The van der Waals surface area contributed by atoms with Gasteiger partial charge >= 0.3 is 11.9 Å². The van der Waals surface area contributed by atoms with Gasteiger partial charge in [-0.15, -0.1) is 0 Å². The van der Waals surface area contributed by atoms with Crippen LogP contribution in [-0.4, -0.2) is 30.2 Å². The number of halogens is 1. The van der Waals surface area contributed by atoms with Crippen LogP contribution in [0, 0.1) is 0 Å². The van der Waals surface area contributed by atoms with Crippen LogP contribution in [0.25, 0.3) is 6.08 Å². The predicted molar refractivity (Wildman–Crippen MR) is 136 cm³/mol. The highest BCUT2D eigenvalue weighted by molar-refractivity contribution is 7.07. The Morgan fingerprint density at radius 2 is 1.94 bits per heavy atom. The molecule has 0 saturated carbocycles. The first-order valence-corrected chi connectivity index (χ1v) is 12.2. The highest BCUT2D eigenvalue weighted by Gasteiger charge is 2.34. The first kappa shape index (κ1) is 25.4. The van der Waals surface area contributed by atoms with E-state index in [1.807, 2.05) is 18.2 Å². The number of fused-ring (bicyclic) bond motifs is 1. The Labute approximate surface area is 215 Å². The standard InChI is InChI=1S/C26H23ClN2O6S/c1-5-34-25(32)22-14(2)28-26-29(24(31)21(36-26)13-16-8-6-7-9-18(16)27)23(22)17-10-11-19(35-15(3)30)20(12-17)33-4/h6-13,23H,5H2,1-4H3. The number of thiazole rings is 1. The molecule has 0 amide bonds. The third-order valence-corrected chi connectivity index (χ3v) is 6.79. The molecule has 0 radical (unpaired) electrons. The zero-order valence-electron chi connectivity index (χ0n) is 20.0. The van der Waals surface area contributed by atoms with Crippen LogP contribution in [0.5, 0.6) is 11.5 Å². The SMILES string of the molecule is CCOC(=O)C1=C(C)N=c2sc(=Cc3ccccc3Cl)c(=O)n2C1c1ccc(OC(C)=O)c(OC)c1. The first-order valence-electron chi connectivity index (χ1n) is 11.1. The zero-order valence-corrected chi connectivity index (χ0v) is 21.6. The number of ether oxygens (including phenoxy) is 3. The highest BCUT2D eigenvalue weighted by atomic mass is 35.5. The molecule has 8 nitrogen and oxygen atoms in total. The topological polar surface area (TPSA) is 96.2 Å². The van der Waals surface area contributed by atoms with Gasteiger partial charge in [0.1, 0.15) is 0 Å². The van der Waals surface area contributed by atoms with Gasteiger partial charge < -0.3 is 14.2 Å². The van der Waals surface area contributed by atoms with Gasteiger partial charge in [0.05, 0.1) is 35.6 Å². The van der Waals surface area contributed by atoms with Crippen molar-refractivity contribution in [3.8, 4) is 11.5 Å². The lowest BCUT2D eigenvalue weighted by atomic mass is 9.95. The molecule has 1 aromatic heterocycles. The molecule has 186 valence electrons. The fourth-order valence-electron chi connectivity index (χ4n) is 3.93. The molecule has 0 spiro atoms. The van der Waals surface area contributed by atoms with Crippen LogP contribution in [-0.2, 0) is 14.3 Å². The van der Waals surface area contributed by atoms with Crippen molar-refractivity contribution in [3.63, 3.8) is 0 Å². The average Bonchev–Trinajstić information content (AvgIpc) is 3.14. The Bertz CT molecular complexity index is 1570. The molecule has 1 unspecified atom stereocenters. The lowest BCUT2D eigenvalue weighted by Crippen LogP contribution is -2.40. The molecule has 1 aliphatic rings. The van der Waals surface area contributed by atoms with Crippen LogP contribution < -0.4 is 24.4 Å². The molecule has 0 bridgehead atoms. The second kappa shape index (κ2) is 10.5. The summed E-state index contributed by atoms with van der Waals surface area (Å²) in [5, 5.41) is 0.508. The fourth-order valence-corrected chi connectivity index (χ4v) is 5.16. The molecule has 0 saturated heterocycles. The highest BCUT2D eigenvalue weighted by Crippen LogP contribution is 2.36. The summed E-state index contributed by atoms with van der Waals surface area (Å²) in [6.07, 6.45) is 1.71. The van der Waals surface area contributed by atoms with Gasteiger partial charge in [-0.25, -0.2) is 9.79 Å². The van der Waals surface area contributed by atoms with E-state index < -0.39 is 18.0 Å². The van der Waals surface area contributed by atoms with E-state index in [9.17, 15) is 14.4 Å². The summed E-state index contributed by atoms with van der Waals surface area (Å²) in [5.74, 6) is -0.583. The van der Waals surface area contributed by atoms with Gasteiger partial charge in [0.2, 0.25) is 0 Å². The number of carbonyl (C=O) groups excluding carboxylic acids is 2. The van der Waals surface area contributed by atoms with Crippen LogP contribution >= 0.6 is 22.9 Å². The summed E-state index contributed by atoms with van der Waals surface area (Å²) in [5.41, 5.74) is 1.59. The van der Waals surface area contributed by atoms with Gasteiger partial charge in [-0.05, 0) is 49.2 Å². The lowest BCUT2D eigenvalue weighted by molar-refractivity contribution is -0.139. The van der Waals surface area contributed by atoms with E-state index >= 15 is 0 Å². The molecule has 1 atom stereocenters. The smallest absolute Gasteiger partial charge is 0.338 e. The summed E-state index contributed by atoms with van der Waals surface area (Å²) in [6, 6.07) is 11.2. The molecule has 36 heavy (non-hydrogen) atoms. The number of hydrogen-bond donors (Lipinski definition) is 0. The third kappa shape index (κ3) is 4.84. The number of rotatable bonds is 6. The van der Waals surface area contributed by atoms with Gasteiger partial charge in [-0.2, -0.15) is 0 Å². The third-order valence-electron chi connectivity index (χ3n) is 5.47. The van der Waals surface area contributed by atoms with E-state index in [-0.39, 0.29) is 29.2 Å². The zero-order chi connectivity index (χ0) is 26.0. The Kier molecular flexibility index (Phi) is 7.42. The summed E-state index contributed by atoms with van der Waals surface area (Å²) < 4.78 is 17.8. The van der Waals surface area contributed by atoms with E-state index in [0.29, 0.717) is 31.2 Å². The normalized spacial score (nSPS) is 15.2. The molecular weight excluding hydrogens is 504 g/mol. The van der Waals surface area contributed by atoms with Crippen LogP contribution in [0.2, 0.25) is 5.02 Å². The quantitative estimate of drug-likeness (QED) is 0.361. The summed E-state index contributed by atoms with van der Waals surface area (Å²) >= 11 is 7.51. The molecule has 10 heteroatoms. The minimum absolute atomic E-state index is 0.161. The maximum atomic E-state index is 13.7. The molecular formula is C26H23ClN2O6S. The number of methoxy groups -OCH3 is 1. The Morgan fingerprint density at radius 3 is 2.61 bits per heavy atom. The monoisotopic (exact) mass is 526 g/mol. The Morgan fingerprint density at radius 1 is 1.19 bits per heavy atom. The number of benzene rings is 2. The van der Waals surface area contributed by atoms with Crippen molar-refractivity contribution in [2.75, 3.05) is 13.7 Å². The van der Waals surface area contributed by atoms with Crippen molar-refractivity contribution < 1.29 is 23.8 Å². The number of aromatic nitrogens is 1. The van der Waals surface area contributed by atoms with Crippen molar-refractivity contribution in [2.45, 2.75) is 26.8 Å². The fraction of sp³-hybridized carbons (Fsp3) is 0.231. The first-order chi connectivity index (χ1) is 17.2. The Hall–Kier alpha value is -3.69. The van der Waals surface area contributed by atoms with Crippen LogP contribution in [0.3, 0.4) is 0 Å². The van der Waals surface area contributed by atoms with E-state index in [0.717, 1.165) is 0 Å². The Balaban J connectivity index is 1.97. The van der Waals surface area contributed by atoms with Crippen molar-refractivity contribution in [1.29, 1.82) is 0 Å². The predicted octanol–water partition coefficient (Wildman–Crippen LogP) is 3.39. The van der Waals surface area contributed by atoms with Crippen LogP contribution in [0.1, 0.15) is 37.9 Å². The molecule has 0 fully saturated rings. The minimum atomic E-state index is -0.839. The average molecular weight is 527 g/mol. The van der Waals surface area contributed by atoms with E-state index in [1.165, 1.54) is 29.9 Å². The van der Waals surface area contributed by atoms with Gasteiger partial charge in [-0.1, -0.05) is 47.2 Å². The van der Waals surface area contributed by atoms with Crippen molar-refractivity contribution in [2.24, 2.45) is 4.99 Å². The summed E-state index contributed by atoms with van der Waals surface area (Å²) in [7, 11) is 1.44. The van der Waals surface area contributed by atoms with Gasteiger partial charge in [0.15, 0.2) is 16.3 Å². The van der Waals surface area contributed by atoms with Gasteiger partial charge in [0.25, 0.3) is 5.56 Å². The second-order valence-electron chi connectivity index (χ2n) is 7.83. The lowest BCUT2D eigenvalue weighted by Gasteiger charge is -2.25. The minimum Gasteiger partial charge on any atom is -0.493 e. The molecule has 4 rings (SSSR count). The second-order valence-corrected chi connectivity index (χ2v) is 9.24. The number of hydrogen-bond acceptors (Lipinski definition) is 8. The van der Waals surface area contributed by atoms with Gasteiger partial charge in [0, 0.05) is 11.9 Å². The molecule has 0 N–H and O–H groups in total. The number of allylic oxidation sites excluding steroid dienone is 1. The number of nitrogens with zero attached hydrogens (tertiary/aromatic N) is 2. The number of carbonyl (C=O) groups is 2. The van der Waals surface area contributed by atoms with Crippen molar-refractivity contribution >= 4 is 41.0 Å². The summed E-state index contributed by atoms with van der Waals surface area (Å²) in [6.45, 7) is 4.86. The number of esters is 2. The molecule has 1 aliphatic heterocycles. The van der Waals surface area contributed by atoms with Crippen molar-refractivity contribution in [3.05, 3.63) is 89.6 Å². The molecule has 2 aromatic carbocycles. The van der Waals surface area contributed by atoms with E-state index in [2.05, 4.69) is 4.99 Å². The summed E-state index contributed by atoms with van der Waals surface area (Å²) in [4.78, 5) is 43.2. The van der Waals surface area contributed by atoms with E-state index in [4.69, 9.17) is 25.8 Å². The van der Waals surface area contributed by atoms with Crippen molar-refractivity contribution in [1.82, 2.24) is 4.57 Å². The molecule has 0 aliphatic carbocycles. The van der Waals surface area contributed by atoms with Gasteiger partial charge in [-0.3, -0.25) is 14.2 Å². The largest absolute Gasteiger partial charge is 0.493 e. The van der Waals surface area contributed by atoms with Crippen LogP contribution in [0.15, 0.2) is 63.5 Å². The molecule has 2 heterocycles. The maximum absolute atomic E-state index is 13.7. The maximum Gasteiger partial charge on any atom is 0.338 e. The van der Waals surface area contributed by atoms with E-state index in [1.54, 1.807) is 44.2 Å².